The molecule has 0 heterocycles. The van der Waals surface area contributed by atoms with Gasteiger partial charge in [-0.05, 0) is 32.1 Å². The molecule has 0 bridgehead atoms. The van der Waals surface area contributed by atoms with Crippen molar-refractivity contribution in [3.05, 3.63) is 0 Å². The third-order valence-electron chi connectivity index (χ3n) is 3.75. The Labute approximate surface area is 101 Å². The van der Waals surface area contributed by atoms with Gasteiger partial charge in [0.2, 0.25) is 0 Å². The Bertz CT molecular complexity index is 159. The van der Waals surface area contributed by atoms with Crippen LogP contribution in [0.1, 0.15) is 71.6 Å². The zero-order valence-corrected chi connectivity index (χ0v) is 11.1. The van der Waals surface area contributed by atoms with Crippen molar-refractivity contribution in [1.82, 2.24) is 0 Å². The van der Waals surface area contributed by atoms with Crippen LogP contribution in [0.3, 0.4) is 0 Å². The summed E-state index contributed by atoms with van der Waals surface area (Å²) in [6, 6.07) is 0. The van der Waals surface area contributed by atoms with Crippen molar-refractivity contribution in [3.8, 4) is 0 Å². The van der Waals surface area contributed by atoms with E-state index in [0.717, 1.165) is 13.0 Å². The molecule has 0 spiro atoms. The third kappa shape index (κ3) is 4.84. The van der Waals surface area contributed by atoms with E-state index in [2.05, 4.69) is 13.8 Å². The molecule has 0 unspecified atom stereocenters. The van der Waals surface area contributed by atoms with E-state index in [-0.39, 0.29) is 5.60 Å². The molecule has 1 rings (SSSR count). The van der Waals surface area contributed by atoms with Gasteiger partial charge in [-0.15, -0.1) is 0 Å². The molecule has 1 aliphatic rings. The number of hydrogen-bond donors (Lipinski definition) is 0. The summed E-state index contributed by atoms with van der Waals surface area (Å²) in [5, 5.41) is 0. The van der Waals surface area contributed by atoms with Gasteiger partial charge in [-0.2, -0.15) is 0 Å². The van der Waals surface area contributed by atoms with Gasteiger partial charge in [0.05, 0.1) is 5.60 Å². The molecule has 0 aromatic rings. The maximum atomic E-state index is 5.82. The lowest BCUT2D eigenvalue weighted by Crippen LogP contribution is -2.39. The Morgan fingerprint density at radius 1 is 1.00 bits per heavy atom. The number of ether oxygens (including phenoxy) is 2. The monoisotopic (exact) mass is 228 g/mol. The molecule has 0 aromatic heterocycles. The number of unbranched alkanes of at least 4 members (excludes halogenated alkanes) is 4. The minimum absolute atomic E-state index is 0.183. The van der Waals surface area contributed by atoms with Gasteiger partial charge >= 0.3 is 0 Å². The van der Waals surface area contributed by atoms with Gasteiger partial charge in [-0.1, -0.05) is 39.5 Å². The van der Waals surface area contributed by atoms with Crippen LogP contribution < -0.4 is 0 Å². The van der Waals surface area contributed by atoms with E-state index in [0.29, 0.717) is 6.79 Å². The van der Waals surface area contributed by atoms with Crippen LogP contribution in [0.4, 0.5) is 0 Å². The van der Waals surface area contributed by atoms with Gasteiger partial charge in [0.25, 0.3) is 0 Å². The second-order valence-corrected chi connectivity index (χ2v) is 4.97. The molecule has 0 radical (unpaired) electrons. The first-order valence-corrected chi connectivity index (χ1v) is 7.05. The Morgan fingerprint density at radius 3 is 2.31 bits per heavy atom. The van der Waals surface area contributed by atoms with Crippen LogP contribution in [0.15, 0.2) is 0 Å². The van der Waals surface area contributed by atoms with Crippen molar-refractivity contribution in [2.45, 2.75) is 77.2 Å². The highest BCUT2D eigenvalue weighted by Crippen LogP contribution is 2.38. The molecular formula is C14H28O2. The summed E-state index contributed by atoms with van der Waals surface area (Å²) in [6.07, 6.45) is 11.4. The number of hydrogen-bond acceptors (Lipinski definition) is 2. The van der Waals surface area contributed by atoms with Crippen molar-refractivity contribution in [2.75, 3.05) is 13.4 Å². The zero-order valence-electron chi connectivity index (χ0n) is 11.1. The maximum Gasteiger partial charge on any atom is 0.147 e. The molecule has 0 atom stereocenters. The summed E-state index contributed by atoms with van der Waals surface area (Å²) in [5.41, 5.74) is 0.183. The van der Waals surface area contributed by atoms with Crippen LogP contribution in [0.5, 0.6) is 0 Å². The van der Waals surface area contributed by atoms with Crippen molar-refractivity contribution in [1.29, 1.82) is 0 Å². The van der Waals surface area contributed by atoms with Crippen molar-refractivity contribution >= 4 is 0 Å². The van der Waals surface area contributed by atoms with Crippen LogP contribution in [-0.4, -0.2) is 19.0 Å². The van der Waals surface area contributed by atoms with Gasteiger partial charge in [0, 0.05) is 6.61 Å². The summed E-state index contributed by atoms with van der Waals surface area (Å²) in [6.45, 7) is 5.82. The fraction of sp³-hybridized carbons (Fsp3) is 1.00. The van der Waals surface area contributed by atoms with Crippen molar-refractivity contribution in [2.24, 2.45) is 0 Å². The molecule has 0 aromatic carbocycles. The second kappa shape index (κ2) is 8.08. The standard InChI is InChI=1S/C14H28O2/c1-3-5-6-7-8-12-15-13-16-14(4-2)10-9-11-14/h3-13H2,1-2H3. The van der Waals surface area contributed by atoms with Gasteiger partial charge in [0.1, 0.15) is 6.79 Å². The van der Waals surface area contributed by atoms with Gasteiger partial charge < -0.3 is 9.47 Å². The SMILES string of the molecule is CCCCCCCOCOC1(CC)CCC1. The average molecular weight is 228 g/mol. The normalized spacial score (nSPS) is 18.4. The maximum absolute atomic E-state index is 5.82. The van der Waals surface area contributed by atoms with E-state index < -0.39 is 0 Å². The van der Waals surface area contributed by atoms with Crippen LogP contribution in [0, 0.1) is 0 Å². The molecule has 0 amide bonds. The molecule has 16 heavy (non-hydrogen) atoms. The fourth-order valence-corrected chi connectivity index (χ4v) is 2.20. The molecule has 0 N–H and O–H groups in total. The predicted octanol–water partition coefficient (Wildman–Crippen LogP) is 4.28. The molecule has 1 saturated carbocycles. The Kier molecular flexibility index (Phi) is 7.06. The minimum atomic E-state index is 0.183. The van der Waals surface area contributed by atoms with E-state index >= 15 is 0 Å². The summed E-state index contributed by atoms with van der Waals surface area (Å²) < 4.78 is 11.3. The van der Waals surface area contributed by atoms with Crippen LogP contribution in [0.25, 0.3) is 0 Å². The van der Waals surface area contributed by atoms with Gasteiger partial charge in [-0.25, -0.2) is 0 Å². The fourth-order valence-electron chi connectivity index (χ4n) is 2.20. The molecule has 1 aliphatic carbocycles. The Hall–Kier alpha value is -0.0800. The van der Waals surface area contributed by atoms with Crippen LogP contribution in [0.2, 0.25) is 0 Å². The van der Waals surface area contributed by atoms with Gasteiger partial charge in [-0.3, -0.25) is 0 Å². The Balaban J connectivity index is 1.84. The predicted molar refractivity (Wildman–Crippen MR) is 67.5 cm³/mol. The molecule has 96 valence electrons. The third-order valence-corrected chi connectivity index (χ3v) is 3.75. The van der Waals surface area contributed by atoms with E-state index in [4.69, 9.17) is 9.47 Å². The van der Waals surface area contributed by atoms with E-state index in [9.17, 15) is 0 Å². The molecule has 0 aliphatic heterocycles. The van der Waals surface area contributed by atoms with E-state index in [1.165, 1.54) is 51.4 Å². The van der Waals surface area contributed by atoms with Gasteiger partial charge in [0.15, 0.2) is 0 Å². The number of rotatable bonds is 10. The first kappa shape index (κ1) is 14.0. The van der Waals surface area contributed by atoms with Crippen LogP contribution in [-0.2, 0) is 9.47 Å². The molecule has 2 nitrogen and oxygen atoms in total. The summed E-state index contributed by atoms with van der Waals surface area (Å²) in [7, 11) is 0. The summed E-state index contributed by atoms with van der Waals surface area (Å²) in [5.74, 6) is 0. The van der Waals surface area contributed by atoms with E-state index in [1.807, 2.05) is 0 Å². The smallest absolute Gasteiger partial charge is 0.147 e. The molecular weight excluding hydrogens is 200 g/mol. The summed E-state index contributed by atoms with van der Waals surface area (Å²) in [4.78, 5) is 0. The highest BCUT2D eigenvalue weighted by molar-refractivity contribution is 4.87. The van der Waals surface area contributed by atoms with Crippen molar-refractivity contribution in [3.63, 3.8) is 0 Å². The first-order valence-electron chi connectivity index (χ1n) is 7.05. The largest absolute Gasteiger partial charge is 0.355 e. The second-order valence-electron chi connectivity index (χ2n) is 4.97. The highest BCUT2D eigenvalue weighted by atomic mass is 16.7. The molecule has 0 saturated heterocycles. The highest BCUT2D eigenvalue weighted by Gasteiger charge is 2.35. The van der Waals surface area contributed by atoms with Crippen molar-refractivity contribution < 1.29 is 9.47 Å². The average Bonchev–Trinajstić information content (AvgIpc) is 2.25. The lowest BCUT2D eigenvalue weighted by molar-refractivity contribution is -0.175. The lowest BCUT2D eigenvalue weighted by atomic mass is 9.78. The lowest BCUT2D eigenvalue weighted by Gasteiger charge is -2.40. The minimum Gasteiger partial charge on any atom is -0.355 e. The topological polar surface area (TPSA) is 18.5 Å². The first-order chi connectivity index (χ1) is 7.83. The van der Waals surface area contributed by atoms with Crippen LogP contribution >= 0.6 is 0 Å². The summed E-state index contributed by atoms with van der Waals surface area (Å²) >= 11 is 0. The van der Waals surface area contributed by atoms with E-state index in [1.54, 1.807) is 0 Å². The Morgan fingerprint density at radius 2 is 1.75 bits per heavy atom. The molecule has 2 heteroatoms. The zero-order chi connectivity index (χ0) is 11.7. The quantitative estimate of drug-likeness (QED) is 0.410. The molecule has 1 fully saturated rings.